The Hall–Kier alpha value is -2.67. The first-order valence-corrected chi connectivity index (χ1v) is 6.06. The highest BCUT2D eigenvalue weighted by Gasteiger charge is 2.18. The number of nitro groups is 1. The normalized spacial score (nSPS) is 10.2. The van der Waals surface area contributed by atoms with E-state index in [1.54, 1.807) is 0 Å². The highest BCUT2D eigenvalue weighted by molar-refractivity contribution is 6.31. The molecule has 2 aromatic carbocycles. The van der Waals surface area contributed by atoms with Gasteiger partial charge in [0.25, 0.3) is 11.6 Å². The van der Waals surface area contributed by atoms with Gasteiger partial charge in [0.05, 0.1) is 11.0 Å². The van der Waals surface area contributed by atoms with E-state index in [0.29, 0.717) is 0 Å². The topological polar surface area (TPSA) is 98.3 Å². The monoisotopic (exact) mass is 309 g/mol. The zero-order chi connectivity index (χ0) is 15.6. The summed E-state index contributed by atoms with van der Waals surface area (Å²) in [4.78, 5) is 22.1. The molecule has 0 saturated carbocycles. The van der Waals surface area contributed by atoms with Gasteiger partial charge in [0.2, 0.25) is 0 Å². The van der Waals surface area contributed by atoms with Crippen LogP contribution in [0, 0.1) is 15.9 Å². The lowest BCUT2D eigenvalue weighted by Gasteiger charge is -2.07. The van der Waals surface area contributed by atoms with Crippen LogP contribution in [-0.4, -0.2) is 10.8 Å². The molecule has 0 aliphatic heterocycles. The smallest absolute Gasteiger partial charge is 0.295 e. The number of nitrogen functional groups attached to an aromatic ring is 1. The van der Waals surface area contributed by atoms with Gasteiger partial charge in [0.1, 0.15) is 11.5 Å². The molecule has 0 unspecified atom stereocenters. The van der Waals surface area contributed by atoms with Crippen LogP contribution in [0.25, 0.3) is 0 Å². The molecule has 0 saturated heterocycles. The van der Waals surface area contributed by atoms with Gasteiger partial charge in [-0.25, -0.2) is 4.39 Å². The van der Waals surface area contributed by atoms with E-state index in [1.807, 2.05) is 0 Å². The third kappa shape index (κ3) is 3.46. The van der Waals surface area contributed by atoms with Crippen molar-refractivity contribution in [3.8, 4) is 0 Å². The molecule has 2 aromatic rings. The number of nitro benzene ring substituents is 1. The SMILES string of the molecule is Nc1cc(Cl)cc(C(=O)Nc2ccc(F)cc2[N+](=O)[O-])c1. The number of rotatable bonds is 3. The molecule has 0 aliphatic rings. The van der Waals surface area contributed by atoms with Gasteiger partial charge in [-0.1, -0.05) is 11.6 Å². The summed E-state index contributed by atoms with van der Waals surface area (Å²) in [5, 5.41) is 13.4. The van der Waals surface area contributed by atoms with Crippen molar-refractivity contribution in [2.45, 2.75) is 0 Å². The molecule has 0 spiro atoms. The van der Waals surface area contributed by atoms with Gasteiger partial charge in [-0.05, 0) is 30.3 Å². The molecule has 21 heavy (non-hydrogen) atoms. The van der Waals surface area contributed by atoms with Crippen LogP contribution in [0.2, 0.25) is 5.02 Å². The summed E-state index contributed by atoms with van der Waals surface area (Å²) in [6.07, 6.45) is 0. The molecule has 0 radical (unpaired) electrons. The Morgan fingerprint density at radius 1 is 1.29 bits per heavy atom. The predicted molar refractivity (Wildman–Crippen MR) is 76.9 cm³/mol. The Kier molecular flexibility index (Phi) is 4.04. The Morgan fingerprint density at radius 3 is 2.62 bits per heavy atom. The van der Waals surface area contributed by atoms with E-state index in [1.165, 1.54) is 18.2 Å². The second kappa shape index (κ2) is 5.76. The molecule has 0 aliphatic carbocycles. The Morgan fingerprint density at radius 2 is 2.00 bits per heavy atom. The van der Waals surface area contributed by atoms with Crippen molar-refractivity contribution in [1.82, 2.24) is 0 Å². The zero-order valence-corrected chi connectivity index (χ0v) is 11.2. The van der Waals surface area contributed by atoms with Gasteiger partial charge >= 0.3 is 0 Å². The minimum Gasteiger partial charge on any atom is -0.399 e. The Labute approximate surface area is 123 Å². The van der Waals surface area contributed by atoms with E-state index < -0.39 is 22.3 Å². The maximum atomic E-state index is 13.0. The van der Waals surface area contributed by atoms with Gasteiger partial charge in [-0.3, -0.25) is 14.9 Å². The molecule has 2 rings (SSSR count). The fourth-order valence-corrected chi connectivity index (χ4v) is 1.94. The molecule has 0 heterocycles. The van der Waals surface area contributed by atoms with E-state index in [9.17, 15) is 19.3 Å². The number of benzene rings is 2. The van der Waals surface area contributed by atoms with Crippen LogP contribution < -0.4 is 11.1 Å². The number of halogens is 2. The number of nitrogens with two attached hydrogens (primary N) is 1. The van der Waals surface area contributed by atoms with Crippen molar-refractivity contribution in [1.29, 1.82) is 0 Å². The Bertz CT molecular complexity index is 716. The van der Waals surface area contributed by atoms with Crippen LogP contribution in [0.5, 0.6) is 0 Å². The molecule has 6 nitrogen and oxygen atoms in total. The van der Waals surface area contributed by atoms with Gasteiger partial charge < -0.3 is 11.1 Å². The highest BCUT2D eigenvalue weighted by atomic mass is 35.5. The molecule has 0 fully saturated rings. The van der Waals surface area contributed by atoms with Crippen LogP contribution in [0.4, 0.5) is 21.5 Å². The van der Waals surface area contributed by atoms with Crippen molar-refractivity contribution < 1.29 is 14.1 Å². The first kappa shape index (κ1) is 14.7. The van der Waals surface area contributed by atoms with E-state index in [-0.39, 0.29) is 22.0 Å². The van der Waals surface area contributed by atoms with Crippen LogP contribution in [0.3, 0.4) is 0 Å². The van der Waals surface area contributed by atoms with Crippen LogP contribution in [0.1, 0.15) is 10.4 Å². The largest absolute Gasteiger partial charge is 0.399 e. The number of carbonyl (C=O) groups is 1. The average molecular weight is 310 g/mol. The molecule has 1 amide bonds. The summed E-state index contributed by atoms with van der Waals surface area (Å²) in [7, 11) is 0. The second-order valence-electron chi connectivity index (χ2n) is 4.15. The lowest BCUT2D eigenvalue weighted by atomic mass is 10.1. The number of amides is 1. The number of hydrogen-bond donors (Lipinski definition) is 2. The fraction of sp³-hybridized carbons (Fsp3) is 0. The fourth-order valence-electron chi connectivity index (χ4n) is 1.70. The van der Waals surface area contributed by atoms with E-state index >= 15 is 0 Å². The molecular formula is C13H9ClFN3O3. The molecule has 3 N–H and O–H groups in total. The molecule has 8 heteroatoms. The van der Waals surface area contributed by atoms with E-state index in [2.05, 4.69) is 5.32 Å². The second-order valence-corrected chi connectivity index (χ2v) is 4.58. The lowest BCUT2D eigenvalue weighted by molar-refractivity contribution is -0.384. The van der Waals surface area contributed by atoms with E-state index in [0.717, 1.165) is 18.2 Å². The molecular weight excluding hydrogens is 301 g/mol. The van der Waals surface area contributed by atoms with Gasteiger partial charge in [0.15, 0.2) is 0 Å². The van der Waals surface area contributed by atoms with Gasteiger partial charge in [-0.15, -0.1) is 0 Å². The van der Waals surface area contributed by atoms with Crippen molar-refractivity contribution in [2.24, 2.45) is 0 Å². The summed E-state index contributed by atoms with van der Waals surface area (Å²) >= 11 is 5.78. The van der Waals surface area contributed by atoms with Crippen molar-refractivity contribution >= 4 is 34.6 Å². The summed E-state index contributed by atoms with van der Waals surface area (Å²) in [5.74, 6) is -1.41. The summed E-state index contributed by atoms with van der Waals surface area (Å²) < 4.78 is 13.0. The highest BCUT2D eigenvalue weighted by Crippen LogP contribution is 2.26. The first-order valence-electron chi connectivity index (χ1n) is 5.68. The summed E-state index contributed by atoms with van der Waals surface area (Å²) in [6.45, 7) is 0. The van der Waals surface area contributed by atoms with Crippen molar-refractivity contribution in [2.75, 3.05) is 11.1 Å². The van der Waals surface area contributed by atoms with Gasteiger partial charge in [-0.2, -0.15) is 0 Å². The molecule has 0 atom stereocenters. The predicted octanol–water partition coefficient (Wildman–Crippen LogP) is 3.22. The van der Waals surface area contributed by atoms with Crippen LogP contribution in [0.15, 0.2) is 36.4 Å². The van der Waals surface area contributed by atoms with Crippen LogP contribution >= 0.6 is 11.6 Å². The zero-order valence-electron chi connectivity index (χ0n) is 10.5. The number of nitrogens with zero attached hydrogens (tertiary/aromatic N) is 1. The lowest BCUT2D eigenvalue weighted by Crippen LogP contribution is -2.13. The number of anilines is 2. The van der Waals surface area contributed by atoms with E-state index in [4.69, 9.17) is 17.3 Å². The average Bonchev–Trinajstić information content (AvgIpc) is 2.39. The minimum absolute atomic E-state index is 0.120. The number of hydrogen-bond acceptors (Lipinski definition) is 4. The van der Waals surface area contributed by atoms with Crippen molar-refractivity contribution in [3.63, 3.8) is 0 Å². The standard InChI is InChI=1S/C13H9ClFN3O3/c14-8-3-7(4-10(16)5-8)13(19)17-11-2-1-9(15)6-12(11)18(20)21/h1-6H,16H2,(H,17,19). The summed E-state index contributed by atoms with van der Waals surface area (Å²) in [5.41, 5.74) is 5.32. The maximum Gasteiger partial charge on any atom is 0.295 e. The minimum atomic E-state index is -0.787. The molecule has 0 aromatic heterocycles. The third-order valence-electron chi connectivity index (χ3n) is 2.59. The third-order valence-corrected chi connectivity index (χ3v) is 2.81. The van der Waals surface area contributed by atoms with Crippen LogP contribution in [-0.2, 0) is 0 Å². The number of nitrogens with one attached hydrogen (secondary N) is 1. The Balaban J connectivity index is 2.33. The maximum absolute atomic E-state index is 13.0. The first-order chi connectivity index (χ1) is 9.86. The molecule has 0 bridgehead atoms. The quantitative estimate of drug-likeness (QED) is 0.516. The van der Waals surface area contributed by atoms with Crippen molar-refractivity contribution in [3.05, 3.63) is 62.9 Å². The van der Waals surface area contributed by atoms with Gasteiger partial charge in [0, 0.05) is 16.3 Å². The molecule has 108 valence electrons. The summed E-state index contributed by atoms with van der Waals surface area (Å²) in [6, 6.07) is 7.04. The number of carbonyl (C=O) groups excluding carboxylic acids is 1.